The molecule has 5 nitrogen and oxygen atoms in total. The second-order valence-corrected chi connectivity index (χ2v) is 12.4. The van der Waals surface area contributed by atoms with Crippen molar-refractivity contribution >= 4 is 43.7 Å². The van der Waals surface area contributed by atoms with Gasteiger partial charge in [-0.1, -0.05) is 140 Å². The lowest BCUT2D eigenvalue weighted by Crippen LogP contribution is -2.00. The van der Waals surface area contributed by atoms with Gasteiger partial charge in [0.1, 0.15) is 5.58 Å². The van der Waals surface area contributed by atoms with E-state index in [1.54, 1.807) is 0 Å². The quantitative estimate of drug-likeness (QED) is 0.188. The van der Waals surface area contributed by atoms with Crippen LogP contribution in [-0.2, 0) is 0 Å². The first kappa shape index (κ1) is 28.2. The van der Waals surface area contributed by atoms with Crippen LogP contribution in [0.1, 0.15) is 0 Å². The Morgan fingerprint density at radius 1 is 0.400 bits per heavy atom. The van der Waals surface area contributed by atoms with E-state index in [1.165, 1.54) is 5.39 Å². The van der Waals surface area contributed by atoms with Crippen molar-refractivity contribution in [1.82, 2.24) is 19.5 Å². The largest absolute Gasteiger partial charge is 0.454 e. The maximum Gasteiger partial charge on any atom is 0.164 e. The normalized spacial score (nSPS) is 11.6. The zero-order valence-electron chi connectivity index (χ0n) is 26.9. The highest BCUT2D eigenvalue weighted by Gasteiger charge is 2.21. The Morgan fingerprint density at radius 2 is 0.960 bits per heavy atom. The van der Waals surface area contributed by atoms with E-state index in [1.807, 2.05) is 72.8 Å². The Hall–Kier alpha value is -6.85. The zero-order chi connectivity index (χ0) is 33.0. The van der Waals surface area contributed by atoms with Gasteiger partial charge in [0, 0.05) is 43.8 Å². The molecule has 7 aromatic carbocycles. The number of fused-ring (bicyclic) bond motifs is 7. The van der Waals surface area contributed by atoms with Gasteiger partial charge in [-0.2, -0.15) is 0 Å². The van der Waals surface area contributed by atoms with E-state index in [-0.39, 0.29) is 0 Å². The maximum atomic E-state index is 6.63. The number of benzene rings is 7. The van der Waals surface area contributed by atoms with E-state index in [4.69, 9.17) is 19.4 Å². The SMILES string of the molecule is c1ccc(-c2nc(-c3ccccc3)nc(-c3cccc(-c4ccccc4-n4c5ccccc5c5ccc6c7ccccc7oc6c54)c3)n2)cc1. The van der Waals surface area contributed by atoms with Crippen molar-refractivity contribution in [2.75, 3.05) is 0 Å². The van der Waals surface area contributed by atoms with Gasteiger partial charge >= 0.3 is 0 Å². The van der Waals surface area contributed by atoms with Crippen LogP contribution in [0, 0.1) is 0 Å². The first-order valence-electron chi connectivity index (χ1n) is 16.7. The molecular formula is C45H28N4O. The van der Waals surface area contributed by atoms with Gasteiger partial charge < -0.3 is 8.98 Å². The van der Waals surface area contributed by atoms with Crippen LogP contribution in [0.15, 0.2) is 174 Å². The number of furan rings is 1. The summed E-state index contributed by atoms with van der Waals surface area (Å²) in [5.41, 5.74) is 9.96. The Morgan fingerprint density at radius 3 is 1.72 bits per heavy atom. The van der Waals surface area contributed by atoms with Gasteiger partial charge in [0.05, 0.1) is 16.7 Å². The second-order valence-electron chi connectivity index (χ2n) is 12.4. The third-order valence-electron chi connectivity index (χ3n) is 9.46. The average Bonchev–Trinajstić information content (AvgIpc) is 3.74. The summed E-state index contributed by atoms with van der Waals surface area (Å²) in [5, 5.41) is 4.56. The number of aromatic nitrogens is 4. The molecule has 0 N–H and O–H groups in total. The fraction of sp³-hybridized carbons (Fsp3) is 0. The Kier molecular flexibility index (Phi) is 6.42. The number of nitrogens with zero attached hydrogens (tertiary/aromatic N) is 4. The van der Waals surface area contributed by atoms with Crippen LogP contribution in [0.5, 0.6) is 0 Å². The van der Waals surface area contributed by atoms with E-state index < -0.39 is 0 Å². The molecule has 0 amide bonds. The van der Waals surface area contributed by atoms with Crippen molar-refractivity contribution in [1.29, 1.82) is 0 Å². The summed E-state index contributed by atoms with van der Waals surface area (Å²) in [7, 11) is 0. The van der Waals surface area contributed by atoms with Gasteiger partial charge in [-0.05, 0) is 35.9 Å². The predicted molar refractivity (Wildman–Crippen MR) is 203 cm³/mol. The van der Waals surface area contributed by atoms with E-state index >= 15 is 0 Å². The lowest BCUT2D eigenvalue weighted by atomic mass is 10.0. The lowest BCUT2D eigenvalue weighted by molar-refractivity contribution is 0.671. The molecule has 10 aromatic rings. The van der Waals surface area contributed by atoms with Gasteiger partial charge in [0.25, 0.3) is 0 Å². The summed E-state index contributed by atoms with van der Waals surface area (Å²) >= 11 is 0. The minimum Gasteiger partial charge on any atom is -0.454 e. The van der Waals surface area contributed by atoms with Crippen molar-refractivity contribution < 1.29 is 4.42 Å². The number of hydrogen-bond donors (Lipinski definition) is 0. The fourth-order valence-corrected chi connectivity index (χ4v) is 7.16. The topological polar surface area (TPSA) is 56.7 Å². The molecular weight excluding hydrogens is 613 g/mol. The molecule has 50 heavy (non-hydrogen) atoms. The molecule has 0 aliphatic carbocycles. The Balaban J connectivity index is 1.19. The molecule has 0 saturated heterocycles. The van der Waals surface area contributed by atoms with Crippen LogP contribution in [-0.4, -0.2) is 19.5 Å². The summed E-state index contributed by atoms with van der Waals surface area (Å²) in [6.45, 7) is 0. The molecule has 0 saturated carbocycles. The minimum atomic E-state index is 0.623. The van der Waals surface area contributed by atoms with Crippen LogP contribution < -0.4 is 0 Å². The molecule has 0 unspecified atom stereocenters. The highest BCUT2D eigenvalue weighted by atomic mass is 16.3. The molecule has 234 valence electrons. The summed E-state index contributed by atoms with van der Waals surface area (Å²) in [5.74, 6) is 1.90. The number of hydrogen-bond acceptors (Lipinski definition) is 4. The summed E-state index contributed by atoms with van der Waals surface area (Å²) < 4.78 is 8.99. The minimum absolute atomic E-state index is 0.623. The van der Waals surface area contributed by atoms with Crippen LogP contribution in [0.4, 0.5) is 0 Å². The molecule has 0 aliphatic heterocycles. The van der Waals surface area contributed by atoms with E-state index in [0.29, 0.717) is 17.5 Å². The smallest absolute Gasteiger partial charge is 0.164 e. The molecule has 5 heteroatoms. The van der Waals surface area contributed by atoms with Crippen LogP contribution in [0.25, 0.3) is 94.7 Å². The molecule has 0 aliphatic rings. The van der Waals surface area contributed by atoms with Crippen LogP contribution in [0.3, 0.4) is 0 Å². The molecule has 0 bridgehead atoms. The highest BCUT2D eigenvalue weighted by molar-refractivity contribution is 6.21. The van der Waals surface area contributed by atoms with E-state index in [2.05, 4.69) is 102 Å². The van der Waals surface area contributed by atoms with Crippen molar-refractivity contribution in [3.8, 4) is 51.0 Å². The second kappa shape index (κ2) is 11.4. The molecule has 3 aromatic heterocycles. The van der Waals surface area contributed by atoms with E-state index in [9.17, 15) is 0 Å². The first-order valence-corrected chi connectivity index (χ1v) is 16.7. The molecule has 0 radical (unpaired) electrons. The van der Waals surface area contributed by atoms with Gasteiger partial charge in [-0.15, -0.1) is 0 Å². The first-order chi connectivity index (χ1) is 24.8. The summed E-state index contributed by atoms with van der Waals surface area (Å²) in [4.78, 5) is 14.9. The molecule has 3 heterocycles. The van der Waals surface area contributed by atoms with Crippen LogP contribution >= 0.6 is 0 Å². The number of para-hydroxylation sites is 3. The summed E-state index contributed by atoms with van der Waals surface area (Å²) in [6.07, 6.45) is 0. The molecule has 0 fully saturated rings. The molecule has 0 atom stereocenters. The Labute approximate surface area is 287 Å². The third kappa shape index (κ3) is 4.52. The van der Waals surface area contributed by atoms with Gasteiger partial charge in [-0.25, -0.2) is 15.0 Å². The van der Waals surface area contributed by atoms with E-state index in [0.717, 1.165) is 71.9 Å². The summed E-state index contributed by atoms with van der Waals surface area (Å²) in [6, 6.07) is 58.5. The van der Waals surface area contributed by atoms with Gasteiger partial charge in [0.15, 0.2) is 23.1 Å². The monoisotopic (exact) mass is 640 g/mol. The van der Waals surface area contributed by atoms with Crippen molar-refractivity contribution in [2.24, 2.45) is 0 Å². The van der Waals surface area contributed by atoms with Crippen LogP contribution in [0.2, 0.25) is 0 Å². The average molecular weight is 641 g/mol. The number of rotatable bonds is 5. The van der Waals surface area contributed by atoms with Gasteiger partial charge in [-0.3, -0.25) is 0 Å². The lowest BCUT2D eigenvalue weighted by Gasteiger charge is -2.15. The molecule has 10 rings (SSSR count). The Bertz CT molecular complexity index is 2810. The van der Waals surface area contributed by atoms with Crippen molar-refractivity contribution in [3.05, 3.63) is 170 Å². The fourth-order valence-electron chi connectivity index (χ4n) is 7.16. The maximum absolute atomic E-state index is 6.63. The van der Waals surface area contributed by atoms with Crippen molar-refractivity contribution in [3.63, 3.8) is 0 Å². The third-order valence-corrected chi connectivity index (χ3v) is 9.46. The predicted octanol–water partition coefficient (Wildman–Crippen LogP) is 11.5. The van der Waals surface area contributed by atoms with Gasteiger partial charge in [0.2, 0.25) is 0 Å². The standard InChI is InChI=1S/C45H28N4O/c1-3-14-29(15-4-1)43-46-44(30-16-5-2-6-17-30)48-45(47-43)32-19-13-18-31(28-32)33-20-7-10-23-38(33)49-39-24-11-8-21-34(39)36-26-27-37-35-22-9-12-25-40(35)50-42(37)41(36)49/h1-28H. The zero-order valence-corrected chi connectivity index (χ0v) is 26.9. The molecule has 0 spiro atoms. The van der Waals surface area contributed by atoms with Crippen molar-refractivity contribution in [2.45, 2.75) is 0 Å². The highest BCUT2D eigenvalue weighted by Crippen LogP contribution is 2.42.